The minimum Gasteiger partial charge on any atom is -0.467 e. The molecule has 3 rings (SSSR count). The average Bonchev–Trinajstić information content (AvgIpc) is 3.29. The van der Waals surface area contributed by atoms with E-state index in [4.69, 9.17) is 4.42 Å². The molecule has 0 aliphatic carbocycles. The Morgan fingerprint density at radius 3 is 2.47 bits per heavy atom. The van der Waals surface area contributed by atoms with Crippen LogP contribution in [0.4, 0.5) is 4.39 Å². The van der Waals surface area contributed by atoms with E-state index >= 15 is 0 Å². The predicted octanol–water partition coefficient (Wildman–Crippen LogP) is 2.48. The Labute approximate surface area is 174 Å². The summed E-state index contributed by atoms with van der Waals surface area (Å²) in [4.78, 5) is 39.3. The maximum atomic E-state index is 13.2. The Morgan fingerprint density at radius 1 is 1.17 bits per heavy atom. The number of hydrogen-bond donors (Lipinski definition) is 2. The Morgan fingerprint density at radius 2 is 1.87 bits per heavy atom. The van der Waals surface area contributed by atoms with Gasteiger partial charge in [-0.25, -0.2) is 4.39 Å². The van der Waals surface area contributed by atoms with Crippen LogP contribution < -0.4 is 10.6 Å². The zero-order valence-corrected chi connectivity index (χ0v) is 16.9. The number of piperidine rings is 1. The van der Waals surface area contributed by atoms with Crippen molar-refractivity contribution < 1.29 is 23.2 Å². The lowest BCUT2D eigenvalue weighted by Gasteiger charge is -2.35. The van der Waals surface area contributed by atoms with E-state index in [1.807, 2.05) is 6.92 Å². The Bertz CT molecular complexity index is 859. The molecule has 0 saturated carbocycles. The lowest BCUT2D eigenvalue weighted by molar-refractivity contribution is -0.132. The van der Waals surface area contributed by atoms with Crippen molar-refractivity contribution in [3.63, 3.8) is 0 Å². The fourth-order valence-electron chi connectivity index (χ4n) is 3.63. The zero-order chi connectivity index (χ0) is 21.5. The van der Waals surface area contributed by atoms with Gasteiger partial charge in [0, 0.05) is 25.1 Å². The molecule has 7 nitrogen and oxygen atoms in total. The van der Waals surface area contributed by atoms with Gasteiger partial charge in [-0.1, -0.05) is 6.92 Å². The maximum Gasteiger partial charge on any atom is 0.251 e. The smallest absolute Gasteiger partial charge is 0.251 e. The number of nitrogens with zero attached hydrogens (tertiary/aromatic N) is 1. The van der Waals surface area contributed by atoms with Gasteiger partial charge in [0.25, 0.3) is 5.91 Å². The molecule has 0 spiro atoms. The largest absolute Gasteiger partial charge is 0.467 e. The monoisotopic (exact) mass is 415 g/mol. The summed E-state index contributed by atoms with van der Waals surface area (Å²) in [5.41, 5.74) is 0.277. The SMILES string of the molecule is CCC(=O)N1CCC([C@@H](NC(=O)c2ccc(F)cc2)C(=O)NCc2ccco2)CC1. The van der Waals surface area contributed by atoms with Gasteiger partial charge in [-0.15, -0.1) is 0 Å². The van der Waals surface area contributed by atoms with Gasteiger partial charge in [0.15, 0.2) is 0 Å². The van der Waals surface area contributed by atoms with Crippen LogP contribution >= 0.6 is 0 Å². The van der Waals surface area contributed by atoms with E-state index in [0.717, 1.165) is 0 Å². The Balaban J connectivity index is 1.69. The number of carbonyl (C=O) groups excluding carboxylic acids is 3. The highest BCUT2D eigenvalue weighted by Gasteiger charge is 2.33. The van der Waals surface area contributed by atoms with Crippen LogP contribution in [-0.2, 0) is 16.1 Å². The van der Waals surface area contributed by atoms with Gasteiger partial charge >= 0.3 is 0 Å². The minimum atomic E-state index is -0.767. The molecule has 3 amide bonds. The first-order valence-electron chi connectivity index (χ1n) is 10.1. The third-order valence-electron chi connectivity index (χ3n) is 5.36. The van der Waals surface area contributed by atoms with E-state index in [2.05, 4.69) is 10.6 Å². The van der Waals surface area contributed by atoms with Crippen molar-refractivity contribution in [3.05, 3.63) is 59.8 Å². The summed E-state index contributed by atoms with van der Waals surface area (Å²) in [6.07, 6.45) is 3.18. The third-order valence-corrected chi connectivity index (χ3v) is 5.36. The van der Waals surface area contributed by atoms with E-state index in [1.54, 1.807) is 17.0 Å². The molecule has 0 unspecified atom stereocenters. The van der Waals surface area contributed by atoms with Gasteiger partial charge in [0.1, 0.15) is 17.6 Å². The summed E-state index contributed by atoms with van der Waals surface area (Å²) in [5, 5.41) is 5.61. The van der Waals surface area contributed by atoms with Crippen LogP contribution in [0.1, 0.15) is 42.3 Å². The topological polar surface area (TPSA) is 91.7 Å². The quantitative estimate of drug-likeness (QED) is 0.727. The highest BCUT2D eigenvalue weighted by Crippen LogP contribution is 2.22. The van der Waals surface area contributed by atoms with Crippen LogP contribution in [0, 0.1) is 11.7 Å². The van der Waals surface area contributed by atoms with E-state index in [-0.39, 0.29) is 29.8 Å². The first-order valence-corrected chi connectivity index (χ1v) is 10.1. The van der Waals surface area contributed by atoms with E-state index < -0.39 is 17.8 Å². The maximum absolute atomic E-state index is 13.2. The van der Waals surface area contributed by atoms with Crippen molar-refractivity contribution >= 4 is 17.7 Å². The second kappa shape index (κ2) is 10.0. The summed E-state index contributed by atoms with van der Waals surface area (Å²) in [7, 11) is 0. The fraction of sp³-hybridized carbons (Fsp3) is 0.409. The number of rotatable bonds is 7. The number of carbonyl (C=O) groups is 3. The number of halogens is 1. The normalized spacial score (nSPS) is 15.5. The molecule has 30 heavy (non-hydrogen) atoms. The second-order valence-electron chi connectivity index (χ2n) is 7.33. The lowest BCUT2D eigenvalue weighted by atomic mass is 9.88. The minimum absolute atomic E-state index is 0.0858. The molecule has 1 aromatic heterocycles. The average molecular weight is 415 g/mol. The standard InChI is InChI=1S/C22H26FN3O4/c1-2-19(27)26-11-9-15(10-12-26)20(22(29)24-14-18-4-3-13-30-18)25-21(28)16-5-7-17(23)8-6-16/h3-8,13,15,20H,2,9-12,14H2,1H3,(H,24,29)(H,25,28)/t20-/m1/s1. The van der Waals surface area contributed by atoms with E-state index in [0.29, 0.717) is 38.1 Å². The first-order chi connectivity index (χ1) is 14.5. The molecule has 1 fully saturated rings. The second-order valence-corrected chi connectivity index (χ2v) is 7.33. The van der Waals surface area contributed by atoms with Crippen LogP contribution in [0.5, 0.6) is 0 Å². The van der Waals surface area contributed by atoms with Gasteiger partial charge in [-0.3, -0.25) is 14.4 Å². The summed E-state index contributed by atoms with van der Waals surface area (Å²) in [6.45, 7) is 3.13. The molecule has 1 atom stereocenters. The van der Waals surface area contributed by atoms with Crippen molar-refractivity contribution in [1.29, 1.82) is 0 Å². The summed E-state index contributed by atoms with van der Waals surface area (Å²) >= 11 is 0. The first kappa shape index (κ1) is 21.5. The molecule has 0 bridgehead atoms. The van der Waals surface area contributed by atoms with Crippen molar-refractivity contribution in [1.82, 2.24) is 15.5 Å². The van der Waals surface area contributed by atoms with Crippen LogP contribution in [0.25, 0.3) is 0 Å². The van der Waals surface area contributed by atoms with E-state index in [9.17, 15) is 18.8 Å². The molecule has 2 heterocycles. The van der Waals surface area contributed by atoms with Gasteiger partial charge in [0.05, 0.1) is 12.8 Å². The summed E-state index contributed by atoms with van der Waals surface area (Å²) in [6, 6.07) is 7.88. The Hall–Kier alpha value is -3.16. The number of amides is 3. The highest BCUT2D eigenvalue weighted by atomic mass is 19.1. The predicted molar refractivity (Wildman–Crippen MR) is 108 cm³/mol. The molecule has 1 saturated heterocycles. The number of furan rings is 1. The van der Waals surface area contributed by atoms with Gasteiger partial charge < -0.3 is 20.0 Å². The van der Waals surface area contributed by atoms with Gasteiger partial charge in [0.2, 0.25) is 11.8 Å². The molecule has 1 aliphatic rings. The van der Waals surface area contributed by atoms with Gasteiger partial charge in [-0.2, -0.15) is 0 Å². The molecule has 2 N–H and O–H groups in total. The molecule has 1 aliphatic heterocycles. The zero-order valence-electron chi connectivity index (χ0n) is 16.9. The molecule has 0 radical (unpaired) electrons. The van der Waals surface area contributed by atoms with E-state index in [1.165, 1.54) is 30.5 Å². The van der Waals surface area contributed by atoms with Crippen molar-refractivity contribution in [2.45, 2.75) is 38.8 Å². The van der Waals surface area contributed by atoms with Crippen LogP contribution in [0.3, 0.4) is 0 Å². The number of hydrogen-bond acceptors (Lipinski definition) is 4. The number of nitrogens with one attached hydrogen (secondary N) is 2. The van der Waals surface area contributed by atoms with Crippen LogP contribution in [0.2, 0.25) is 0 Å². The molecule has 160 valence electrons. The third kappa shape index (κ3) is 5.46. The molecular weight excluding hydrogens is 389 g/mol. The molecule has 8 heteroatoms. The Kier molecular flexibility index (Phi) is 7.21. The fourth-order valence-corrected chi connectivity index (χ4v) is 3.63. The molecule has 2 aromatic rings. The number of likely N-dealkylation sites (tertiary alicyclic amines) is 1. The number of benzene rings is 1. The van der Waals surface area contributed by atoms with Crippen LogP contribution in [0.15, 0.2) is 47.1 Å². The summed E-state index contributed by atoms with van der Waals surface area (Å²) < 4.78 is 18.4. The lowest BCUT2D eigenvalue weighted by Crippen LogP contribution is -2.53. The summed E-state index contributed by atoms with van der Waals surface area (Å²) in [5.74, 6) is -0.626. The molecule has 1 aromatic carbocycles. The van der Waals surface area contributed by atoms with Crippen molar-refractivity contribution in [2.75, 3.05) is 13.1 Å². The molecular formula is C22H26FN3O4. The van der Waals surface area contributed by atoms with Crippen LogP contribution in [-0.4, -0.2) is 41.8 Å². The van der Waals surface area contributed by atoms with Crippen molar-refractivity contribution in [3.8, 4) is 0 Å². The highest BCUT2D eigenvalue weighted by molar-refractivity contribution is 5.97. The van der Waals surface area contributed by atoms with Gasteiger partial charge in [-0.05, 0) is 55.2 Å². The van der Waals surface area contributed by atoms with Crippen molar-refractivity contribution in [2.24, 2.45) is 5.92 Å².